The molecule has 0 aromatic carbocycles. The van der Waals surface area contributed by atoms with Crippen LogP contribution in [0.4, 0.5) is 0 Å². The molecule has 2 amide bonds. The van der Waals surface area contributed by atoms with Crippen LogP contribution in [0.15, 0.2) is 12.7 Å². The summed E-state index contributed by atoms with van der Waals surface area (Å²) in [6.07, 6.45) is 5.24. The van der Waals surface area contributed by atoms with Crippen molar-refractivity contribution in [1.82, 2.24) is 10.6 Å². The van der Waals surface area contributed by atoms with E-state index in [1.54, 1.807) is 0 Å². The monoisotopic (exact) mass is 282 g/mol. The lowest BCUT2D eigenvalue weighted by molar-refractivity contribution is -0.196. The quantitative estimate of drug-likeness (QED) is 0.719. The molecule has 6 nitrogen and oxygen atoms in total. The molecule has 2 N–H and O–H groups in total. The highest BCUT2D eigenvalue weighted by Gasteiger charge is 2.46. The Morgan fingerprint density at radius 3 is 2.75 bits per heavy atom. The first-order valence-electron chi connectivity index (χ1n) is 7.14. The molecule has 1 atom stereocenters. The van der Waals surface area contributed by atoms with E-state index in [1.165, 1.54) is 6.08 Å². The smallest absolute Gasteiger partial charge is 0.243 e. The van der Waals surface area contributed by atoms with Crippen molar-refractivity contribution in [2.45, 2.75) is 43.9 Å². The third-order valence-corrected chi connectivity index (χ3v) is 3.75. The van der Waals surface area contributed by atoms with Crippen LogP contribution >= 0.6 is 0 Å². The van der Waals surface area contributed by atoms with Crippen LogP contribution in [-0.2, 0) is 19.1 Å². The van der Waals surface area contributed by atoms with Gasteiger partial charge in [0.1, 0.15) is 0 Å². The minimum atomic E-state index is -0.627. The van der Waals surface area contributed by atoms with E-state index in [0.29, 0.717) is 19.8 Å². The van der Waals surface area contributed by atoms with Gasteiger partial charge in [0.15, 0.2) is 5.79 Å². The molecule has 112 valence electrons. The lowest BCUT2D eigenvalue weighted by Crippen LogP contribution is -2.55. The van der Waals surface area contributed by atoms with Gasteiger partial charge in [-0.05, 0) is 18.9 Å². The van der Waals surface area contributed by atoms with Gasteiger partial charge >= 0.3 is 0 Å². The number of carbonyl (C=O) groups excluding carboxylic acids is 2. The molecule has 2 fully saturated rings. The van der Waals surface area contributed by atoms with Crippen molar-refractivity contribution < 1.29 is 19.1 Å². The number of nitrogens with one attached hydrogen (secondary N) is 2. The third-order valence-electron chi connectivity index (χ3n) is 3.75. The van der Waals surface area contributed by atoms with Crippen molar-refractivity contribution in [3.63, 3.8) is 0 Å². The van der Waals surface area contributed by atoms with Crippen molar-refractivity contribution in [2.24, 2.45) is 0 Å². The van der Waals surface area contributed by atoms with Crippen molar-refractivity contribution in [1.29, 1.82) is 0 Å². The predicted molar refractivity (Wildman–Crippen MR) is 72.9 cm³/mol. The number of carbonyl (C=O) groups is 2. The minimum Gasteiger partial charge on any atom is -0.352 e. The molecule has 1 spiro atoms. The van der Waals surface area contributed by atoms with E-state index in [2.05, 4.69) is 17.2 Å². The zero-order valence-electron chi connectivity index (χ0n) is 11.7. The summed E-state index contributed by atoms with van der Waals surface area (Å²) in [6, 6.07) is -0.0960. The van der Waals surface area contributed by atoms with Crippen LogP contribution in [0.3, 0.4) is 0 Å². The van der Waals surface area contributed by atoms with Gasteiger partial charge in [0.25, 0.3) is 0 Å². The molecule has 2 aliphatic rings. The summed E-state index contributed by atoms with van der Waals surface area (Å²) in [4.78, 5) is 22.9. The van der Waals surface area contributed by atoms with Crippen molar-refractivity contribution in [3.05, 3.63) is 12.7 Å². The van der Waals surface area contributed by atoms with Gasteiger partial charge in [-0.3, -0.25) is 9.59 Å². The van der Waals surface area contributed by atoms with Crippen molar-refractivity contribution in [2.75, 3.05) is 19.8 Å². The molecular formula is C14H22N2O4. The largest absolute Gasteiger partial charge is 0.352 e. The fourth-order valence-corrected chi connectivity index (χ4v) is 2.75. The molecule has 0 radical (unpaired) electrons. The van der Waals surface area contributed by atoms with Crippen LogP contribution in [-0.4, -0.2) is 43.4 Å². The lowest BCUT2D eigenvalue weighted by atomic mass is 9.89. The van der Waals surface area contributed by atoms with Crippen LogP contribution in [0, 0.1) is 0 Å². The van der Waals surface area contributed by atoms with Gasteiger partial charge in [-0.2, -0.15) is 0 Å². The Morgan fingerprint density at radius 1 is 1.30 bits per heavy atom. The maximum absolute atomic E-state index is 11.9. The van der Waals surface area contributed by atoms with Gasteiger partial charge < -0.3 is 20.1 Å². The average molecular weight is 282 g/mol. The van der Waals surface area contributed by atoms with Gasteiger partial charge in [-0.1, -0.05) is 13.0 Å². The second-order valence-electron chi connectivity index (χ2n) is 5.12. The van der Waals surface area contributed by atoms with Crippen LogP contribution in [0.1, 0.15) is 32.1 Å². The summed E-state index contributed by atoms with van der Waals surface area (Å²) in [5.74, 6) is -0.993. The maximum Gasteiger partial charge on any atom is 0.243 e. The van der Waals surface area contributed by atoms with E-state index in [-0.39, 0.29) is 24.3 Å². The number of ether oxygens (including phenoxy) is 2. The summed E-state index contributed by atoms with van der Waals surface area (Å²) < 4.78 is 11.5. The number of hydrogen-bond donors (Lipinski definition) is 2. The Labute approximate surface area is 118 Å². The maximum atomic E-state index is 11.9. The normalized spacial score (nSPS) is 24.3. The first-order chi connectivity index (χ1) is 9.66. The van der Waals surface area contributed by atoms with Gasteiger partial charge in [0.2, 0.25) is 11.8 Å². The molecular weight excluding hydrogens is 260 g/mol. The molecule has 1 saturated carbocycles. The number of rotatable bonds is 5. The molecule has 1 aliphatic heterocycles. The molecule has 2 rings (SSSR count). The minimum absolute atomic E-state index is 0.0960. The Bertz CT molecular complexity index is 377. The number of hydrogen-bond acceptors (Lipinski definition) is 4. The van der Waals surface area contributed by atoms with Gasteiger partial charge in [0, 0.05) is 19.4 Å². The highest BCUT2D eigenvalue weighted by Crippen LogP contribution is 2.35. The van der Waals surface area contributed by atoms with Crippen molar-refractivity contribution >= 4 is 11.8 Å². The molecule has 1 aliphatic carbocycles. The Morgan fingerprint density at radius 2 is 2.05 bits per heavy atom. The highest BCUT2D eigenvalue weighted by molar-refractivity contribution is 5.87. The van der Waals surface area contributed by atoms with E-state index in [1.807, 2.05) is 0 Å². The SMILES string of the molecule is C=CC(=O)NCCC(=O)NC1CCCCC12OCCO2. The second kappa shape index (κ2) is 6.85. The molecule has 1 saturated heterocycles. The molecule has 6 heteroatoms. The third kappa shape index (κ3) is 3.58. The average Bonchev–Trinajstić information content (AvgIpc) is 2.90. The summed E-state index contributed by atoms with van der Waals surface area (Å²) in [5, 5.41) is 5.56. The van der Waals surface area contributed by atoms with Crippen molar-refractivity contribution in [3.8, 4) is 0 Å². The first-order valence-corrected chi connectivity index (χ1v) is 7.14. The van der Waals surface area contributed by atoms with E-state index in [0.717, 1.165) is 25.7 Å². The molecule has 0 bridgehead atoms. The summed E-state index contributed by atoms with van der Waals surface area (Å²) in [7, 11) is 0. The Hall–Kier alpha value is -1.40. The predicted octanol–water partition coefficient (Wildman–Crippen LogP) is 0.481. The van der Waals surface area contributed by atoms with E-state index in [4.69, 9.17) is 9.47 Å². The zero-order valence-corrected chi connectivity index (χ0v) is 11.7. The second-order valence-corrected chi connectivity index (χ2v) is 5.12. The standard InChI is InChI=1S/C14H22N2O4/c1-2-12(17)15-8-6-13(18)16-11-5-3-4-7-14(11)19-9-10-20-14/h2,11H,1,3-10H2,(H,15,17)(H,16,18). The molecule has 0 aromatic rings. The van der Waals surface area contributed by atoms with Gasteiger partial charge in [0.05, 0.1) is 19.3 Å². The fraction of sp³-hybridized carbons (Fsp3) is 0.714. The van der Waals surface area contributed by atoms with Crippen LogP contribution < -0.4 is 10.6 Å². The number of amides is 2. The van der Waals surface area contributed by atoms with E-state index >= 15 is 0 Å². The summed E-state index contributed by atoms with van der Waals surface area (Å²) in [6.45, 7) is 4.83. The van der Waals surface area contributed by atoms with E-state index in [9.17, 15) is 9.59 Å². The molecule has 1 heterocycles. The fourth-order valence-electron chi connectivity index (χ4n) is 2.75. The van der Waals surface area contributed by atoms with Crippen LogP contribution in [0.5, 0.6) is 0 Å². The molecule has 0 aromatic heterocycles. The highest BCUT2D eigenvalue weighted by atomic mass is 16.7. The lowest BCUT2D eigenvalue weighted by Gasteiger charge is -2.39. The van der Waals surface area contributed by atoms with Crippen LogP contribution in [0.25, 0.3) is 0 Å². The van der Waals surface area contributed by atoms with Gasteiger partial charge in [-0.25, -0.2) is 0 Å². The van der Waals surface area contributed by atoms with Gasteiger partial charge in [-0.15, -0.1) is 0 Å². The topological polar surface area (TPSA) is 76.7 Å². The Kier molecular flexibility index (Phi) is 5.14. The van der Waals surface area contributed by atoms with Crippen LogP contribution in [0.2, 0.25) is 0 Å². The molecule has 1 unspecified atom stereocenters. The summed E-state index contributed by atoms with van der Waals surface area (Å²) >= 11 is 0. The Balaban J connectivity index is 1.80. The first kappa shape index (κ1) is 15.0. The zero-order chi connectivity index (χ0) is 14.4. The summed E-state index contributed by atoms with van der Waals surface area (Å²) in [5.41, 5.74) is 0. The molecule has 20 heavy (non-hydrogen) atoms. The van der Waals surface area contributed by atoms with E-state index < -0.39 is 5.79 Å².